The molecule has 1 atom stereocenters. The largest absolute Gasteiger partial charge is 0.355 e. The number of rotatable bonds is 3. The Morgan fingerprint density at radius 2 is 2.55 bits per heavy atom. The van der Waals surface area contributed by atoms with E-state index in [0.717, 1.165) is 31.6 Å². The molecule has 1 amide bonds. The molecule has 1 saturated heterocycles. The Morgan fingerprint density at radius 3 is 3.18 bits per heavy atom. The predicted octanol–water partition coefficient (Wildman–Crippen LogP) is 1.41. The molecule has 1 aliphatic heterocycles. The van der Waals surface area contributed by atoms with Gasteiger partial charge < -0.3 is 5.32 Å². The van der Waals surface area contributed by atoms with Crippen LogP contribution in [-0.2, 0) is 4.79 Å². The standard InChI is InChI=1S/C8H15NOS/c1-2-6-11-7-4-3-5-9-8(7)10/h7H,2-6H2,1H3,(H,9,10). The van der Waals surface area contributed by atoms with Crippen LogP contribution in [0.25, 0.3) is 0 Å². The fraction of sp³-hybridized carbons (Fsp3) is 0.875. The second-order valence-electron chi connectivity index (χ2n) is 2.79. The molecule has 0 aromatic heterocycles. The van der Waals surface area contributed by atoms with Gasteiger partial charge in [0.1, 0.15) is 0 Å². The summed E-state index contributed by atoms with van der Waals surface area (Å²) < 4.78 is 0. The molecule has 11 heavy (non-hydrogen) atoms. The molecule has 64 valence electrons. The van der Waals surface area contributed by atoms with Crippen LogP contribution in [0.5, 0.6) is 0 Å². The Labute approximate surface area is 72.1 Å². The van der Waals surface area contributed by atoms with Crippen LogP contribution in [0.3, 0.4) is 0 Å². The highest BCUT2D eigenvalue weighted by Crippen LogP contribution is 2.19. The monoisotopic (exact) mass is 173 g/mol. The Morgan fingerprint density at radius 1 is 1.73 bits per heavy atom. The molecule has 1 fully saturated rings. The highest BCUT2D eigenvalue weighted by molar-refractivity contribution is 8.00. The van der Waals surface area contributed by atoms with E-state index in [-0.39, 0.29) is 11.2 Å². The van der Waals surface area contributed by atoms with Crippen LogP contribution in [0.15, 0.2) is 0 Å². The van der Waals surface area contributed by atoms with Crippen molar-refractivity contribution in [1.29, 1.82) is 0 Å². The van der Waals surface area contributed by atoms with Crippen LogP contribution < -0.4 is 5.32 Å². The number of amides is 1. The molecule has 0 bridgehead atoms. The SMILES string of the molecule is CCCSC1CCCNC1=O. The summed E-state index contributed by atoms with van der Waals surface area (Å²) >= 11 is 1.79. The zero-order valence-corrected chi connectivity index (χ0v) is 7.75. The molecule has 0 aromatic rings. The summed E-state index contributed by atoms with van der Waals surface area (Å²) in [6.45, 7) is 3.02. The lowest BCUT2D eigenvalue weighted by Crippen LogP contribution is -2.38. The van der Waals surface area contributed by atoms with E-state index >= 15 is 0 Å². The molecule has 1 heterocycles. The third kappa shape index (κ3) is 2.73. The summed E-state index contributed by atoms with van der Waals surface area (Å²) in [4.78, 5) is 11.2. The Bertz CT molecular complexity index is 138. The second-order valence-corrected chi connectivity index (χ2v) is 4.10. The van der Waals surface area contributed by atoms with Gasteiger partial charge >= 0.3 is 0 Å². The molecule has 1 unspecified atom stereocenters. The van der Waals surface area contributed by atoms with Crippen molar-refractivity contribution >= 4 is 17.7 Å². The van der Waals surface area contributed by atoms with Crippen molar-refractivity contribution in [2.45, 2.75) is 31.4 Å². The first-order valence-electron chi connectivity index (χ1n) is 4.24. The van der Waals surface area contributed by atoms with Crippen LogP contribution >= 0.6 is 11.8 Å². The maximum absolute atomic E-state index is 11.2. The second kappa shape index (κ2) is 4.65. The first-order valence-corrected chi connectivity index (χ1v) is 5.28. The summed E-state index contributed by atoms with van der Waals surface area (Å²) in [5, 5.41) is 3.12. The van der Waals surface area contributed by atoms with E-state index in [0.29, 0.717) is 0 Å². The smallest absolute Gasteiger partial charge is 0.233 e. The average molecular weight is 173 g/mol. The van der Waals surface area contributed by atoms with Gasteiger partial charge in [0.05, 0.1) is 5.25 Å². The van der Waals surface area contributed by atoms with Crippen molar-refractivity contribution in [3.63, 3.8) is 0 Å². The Hall–Kier alpha value is -0.180. The van der Waals surface area contributed by atoms with Gasteiger partial charge in [0, 0.05) is 6.54 Å². The molecule has 2 nitrogen and oxygen atoms in total. The van der Waals surface area contributed by atoms with E-state index in [4.69, 9.17) is 0 Å². The summed E-state index contributed by atoms with van der Waals surface area (Å²) in [5.74, 6) is 1.35. The van der Waals surface area contributed by atoms with Crippen LogP contribution in [-0.4, -0.2) is 23.5 Å². The molecule has 0 saturated carbocycles. The van der Waals surface area contributed by atoms with Crippen LogP contribution in [0.2, 0.25) is 0 Å². The molecule has 1 rings (SSSR count). The number of hydrogen-bond donors (Lipinski definition) is 1. The highest BCUT2D eigenvalue weighted by Gasteiger charge is 2.21. The first-order chi connectivity index (χ1) is 5.34. The van der Waals surface area contributed by atoms with Gasteiger partial charge in [-0.25, -0.2) is 0 Å². The Balaban J connectivity index is 2.24. The fourth-order valence-corrected chi connectivity index (χ4v) is 2.25. The van der Waals surface area contributed by atoms with Crippen molar-refractivity contribution in [2.75, 3.05) is 12.3 Å². The van der Waals surface area contributed by atoms with Gasteiger partial charge in [-0.1, -0.05) is 6.92 Å². The minimum Gasteiger partial charge on any atom is -0.355 e. The number of thioether (sulfide) groups is 1. The lowest BCUT2D eigenvalue weighted by molar-refractivity contribution is -0.121. The van der Waals surface area contributed by atoms with Gasteiger partial charge in [-0.3, -0.25) is 4.79 Å². The van der Waals surface area contributed by atoms with Crippen molar-refractivity contribution in [1.82, 2.24) is 5.32 Å². The van der Waals surface area contributed by atoms with Gasteiger partial charge in [-0.05, 0) is 25.0 Å². The molecule has 1 aliphatic rings. The van der Waals surface area contributed by atoms with E-state index < -0.39 is 0 Å². The maximum Gasteiger partial charge on any atom is 0.233 e. The molecular weight excluding hydrogens is 158 g/mol. The zero-order valence-electron chi connectivity index (χ0n) is 6.93. The highest BCUT2D eigenvalue weighted by atomic mass is 32.2. The van der Waals surface area contributed by atoms with Crippen LogP contribution in [0.4, 0.5) is 0 Å². The minimum absolute atomic E-state index is 0.240. The topological polar surface area (TPSA) is 29.1 Å². The van der Waals surface area contributed by atoms with E-state index in [1.165, 1.54) is 0 Å². The number of carbonyl (C=O) groups excluding carboxylic acids is 1. The minimum atomic E-state index is 0.240. The summed E-state index contributed by atoms with van der Waals surface area (Å²) in [6, 6.07) is 0. The average Bonchev–Trinajstić information content (AvgIpc) is 2.03. The lowest BCUT2D eigenvalue weighted by Gasteiger charge is -2.20. The van der Waals surface area contributed by atoms with Gasteiger partial charge in [-0.2, -0.15) is 0 Å². The quantitative estimate of drug-likeness (QED) is 0.699. The van der Waals surface area contributed by atoms with Crippen molar-refractivity contribution in [3.05, 3.63) is 0 Å². The van der Waals surface area contributed by atoms with Gasteiger partial charge in [0.2, 0.25) is 5.91 Å². The van der Waals surface area contributed by atoms with E-state index in [2.05, 4.69) is 12.2 Å². The molecule has 0 radical (unpaired) electrons. The van der Waals surface area contributed by atoms with Gasteiger partial charge in [0.25, 0.3) is 0 Å². The van der Waals surface area contributed by atoms with Crippen molar-refractivity contribution < 1.29 is 4.79 Å². The fourth-order valence-electron chi connectivity index (χ4n) is 1.16. The normalized spacial score (nSPS) is 24.8. The molecule has 0 aliphatic carbocycles. The van der Waals surface area contributed by atoms with Crippen LogP contribution in [0, 0.1) is 0 Å². The molecule has 1 N–H and O–H groups in total. The van der Waals surface area contributed by atoms with E-state index in [9.17, 15) is 4.79 Å². The lowest BCUT2D eigenvalue weighted by atomic mass is 10.1. The number of piperidine rings is 1. The van der Waals surface area contributed by atoms with Gasteiger partial charge in [0.15, 0.2) is 0 Å². The van der Waals surface area contributed by atoms with Gasteiger partial charge in [-0.15, -0.1) is 11.8 Å². The molecule has 0 aromatic carbocycles. The van der Waals surface area contributed by atoms with Crippen molar-refractivity contribution in [3.8, 4) is 0 Å². The summed E-state index contributed by atoms with van der Waals surface area (Å²) in [7, 11) is 0. The Kier molecular flexibility index (Phi) is 3.77. The maximum atomic E-state index is 11.2. The third-order valence-electron chi connectivity index (χ3n) is 1.76. The summed E-state index contributed by atoms with van der Waals surface area (Å²) in [6.07, 6.45) is 3.37. The number of nitrogens with one attached hydrogen (secondary N) is 1. The number of hydrogen-bond acceptors (Lipinski definition) is 2. The zero-order chi connectivity index (χ0) is 8.10. The molecular formula is C8H15NOS. The third-order valence-corrected chi connectivity index (χ3v) is 3.25. The first kappa shape index (κ1) is 8.91. The number of carbonyl (C=O) groups is 1. The summed E-state index contributed by atoms with van der Waals surface area (Å²) in [5.41, 5.74) is 0. The van der Waals surface area contributed by atoms with Crippen LogP contribution in [0.1, 0.15) is 26.2 Å². The molecule has 0 spiro atoms. The van der Waals surface area contributed by atoms with Crippen molar-refractivity contribution in [2.24, 2.45) is 0 Å². The van der Waals surface area contributed by atoms with E-state index in [1.54, 1.807) is 11.8 Å². The molecule has 3 heteroatoms. The predicted molar refractivity (Wildman–Crippen MR) is 48.8 cm³/mol. The van der Waals surface area contributed by atoms with E-state index in [1.807, 2.05) is 0 Å².